The maximum atomic E-state index is 12.6. The molecule has 142 valence electrons. The van der Waals surface area contributed by atoms with E-state index in [9.17, 15) is 23.1 Å². The first-order valence-corrected chi connectivity index (χ1v) is 7.69. The minimum atomic E-state index is -4.82. The number of imidazole rings is 1. The minimum Gasteiger partial charge on any atom is -0.493 e. The van der Waals surface area contributed by atoms with Crippen LogP contribution in [-0.4, -0.2) is 30.7 Å². The Bertz CT molecular complexity index is 994. The summed E-state index contributed by atoms with van der Waals surface area (Å²) in [6, 6.07) is 7.81. The lowest BCUT2D eigenvalue weighted by Gasteiger charge is -2.09. The number of aliphatic hydroxyl groups excluding tert-OH is 1. The second-order valence-electron chi connectivity index (χ2n) is 5.59. The molecule has 1 aromatic carbocycles. The van der Waals surface area contributed by atoms with Gasteiger partial charge in [-0.05, 0) is 42.0 Å². The topological polar surface area (TPSA) is 89.5 Å². The largest absolute Gasteiger partial charge is 0.573 e. The molecule has 0 saturated heterocycles. The lowest BCUT2D eigenvalue weighted by Crippen LogP contribution is -2.23. The van der Waals surface area contributed by atoms with Crippen molar-refractivity contribution in [3.05, 3.63) is 70.5 Å². The van der Waals surface area contributed by atoms with Crippen molar-refractivity contribution in [2.24, 2.45) is 0 Å². The highest BCUT2D eigenvalue weighted by Gasteiger charge is 2.31. The van der Waals surface area contributed by atoms with E-state index >= 15 is 0 Å². The average Bonchev–Trinajstić information content (AvgIpc) is 2.88. The van der Waals surface area contributed by atoms with Crippen molar-refractivity contribution in [1.82, 2.24) is 14.1 Å². The normalized spacial score (nSPS) is 11.6. The standard InChI is InChI=1S/C17H14F3N3O4/c18-17(19,20)27-14-3-1-13(2-4-14)23-15(25)9-22(16(23)26)8-11-5-6-21-12(7-11)10-24/h1-7,9,24-25H,8,10H2. The van der Waals surface area contributed by atoms with E-state index in [1.165, 1.54) is 29.1 Å². The third-order valence-electron chi connectivity index (χ3n) is 3.66. The Morgan fingerprint density at radius 3 is 2.48 bits per heavy atom. The summed E-state index contributed by atoms with van der Waals surface area (Å²) in [6.07, 6.45) is -2.12. The number of ether oxygens (including phenoxy) is 1. The third-order valence-corrected chi connectivity index (χ3v) is 3.66. The van der Waals surface area contributed by atoms with Gasteiger partial charge in [0, 0.05) is 6.20 Å². The molecule has 3 aromatic rings. The Morgan fingerprint density at radius 2 is 1.85 bits per heavy atom. The fourth-order valence-electron chi connectivity index (χ4n) is 2.54. The van der Waals surface area contributed by atoms with Crippen LogP contribution in [-0.2, 0) is 13.2 Å². The van der Waals surface area contributed by atoms with Gasteiger partial charge in [0.05, 0.1) is 30.7 Å². The fourth-order valence-corrected chi connectivity index (χ4v) is 2.54. The second-order valence-corrected chi connectivity index (χ2v) is 5.59. The molecule has 2 heterocycles. The molecule has 2 aromatic heterocycles. The predicted molar refractivity (Wildman–Crippen MR) is 87.6 cm³/mol. The zero-order chi connectivity index (χ0) is 19.6. The van der Waals surface area contributed by atoms with E-state index in [1.54, 1.807) is 12.1 Å². The summed E-state index contributed by atoms with van der Waals surface area (Å²) < 4.78 is 42.6. The van der Waals surface area contributed by atoms with Gasteiger partial charge in [-0.1, -0.05) is 0 Å². The van der Waals surface area contributed by atoms with Crippen molar-refractivity contribution in [1.29, 1.82) is 0 Å². The highest BCUT2D eigenvalue weighted by atomic mass is 19.4. The maximum absolute atomic E-state index is 12.6. The summed E-state index contributed by atoms with van der Waals surface area (Å²) in [6.45, 7) is -0.133. The molecular weight excluding hydrogens is 367 g/mol. The van der Waals surface area contributed by atoms with Crippen LogP contribution in [0.25, 0.3) is 5.69 Å². The summed E-state index contributed by atoms with van der Waals surface area (Å²) in [5, 5.41) is 19.2. The summed E-state index contributed by atoms with van der Waals surface area (Å²) >= 11 is 0. The van der Waals surface area contributed by atoms with Gasteiger partial charge in [-0.3, -0.25) is 9.55 Å². The number of halogens is 3. The van der Waals surface area contributed by atoms with Crippen molar-refractivity contribution < 1.29 is 28.1 Å². The molecule has 27 heavy (non-hydrogen) atoms. The molecule has 10 heteroatoms. The van der Waals surface area contributed by atoms with Gasteiger partial charge in [0.25, 0.3) is 0 Å². The Labute approximate surface area is 150 Å². The van der Waals surface area contributed by atoms with Crippen molar-refractivity contribution in [3.8, 4) is 17.3 Å². The third kappa shape index (κ3) is 4.29. The van der Waals surface area contributed by atoms with Crippen LogP contribution in [0.2, 0.25) is 0 Å². The summed E-state index contributed by atoms with van der Waals surface area (Å²) in [5.74, 6) is -0.813. The van der Waals surface area contributed by atoms with Gasteiger partial charge in [-0.2, -0.15) is 0 Å². The first-order valence-electron chi connectivity index (χ1n) is 7.69. The number of hydrogen-bond acceptors (Lipinski definition) is 5. The number of aromatic nitrogens is 3. The molecule has 0 aliphatic rings. The predicted octanol–water partition coefficient (Wildman–Crippen LogP) is 2.18. The summed E-state index contributed by atoms with van der Waals surface area (Å²) in [4.78, 5) is 16.5. The van der Waals surface area contributed by atoms with E-state index in [4.69, 9.17) is 5.11 Å². The summed E-state index contributed by atoms with van der Waals surface area (Å²) in [7, 11) is 0. The molecule has 0 saturated carbocycles. The summed E-state index contributed by atoms with van der Waals surface area (Å²) in [5.41, 5.74) is 0.711. The van der Waals surface area contributed by atoms with Gasteiger partial charge >= 0.3 is 12.1 Å². The molecule has 0 fully saturated rings. The Morgan fingerprint density at radius 1 is 1.15 bits per heavy atom. The van der Waals surface area contributed by atoms with Gasteiger partial charge in [0.1, 0.15) is 5.75 Å². The van der Waals surface area contributed by atoms with Crippen LogP contribution in [0.4, 0.5) is 13.2 Å². The fraction of sp³-hybridized carbons (Fsp3) is 0.176. The first-order chi connectivity index (χ1) is 12.8. The number of nitrogens with zero attached hydrogens (tertiary/aromatic N) is 3. The van der Waals surface area contributed by atoms with E-state index in [0.29, 0.717) is 11.3 Å². The van der Waals surface area contributed by atoms with Crippen molar-refractivity contribution >= 4 is 0 Å². The van der Waals surface area contributed by atoms with Gasteiger partial charge in [-0.25, -0.2) is 9.36 Å². The number of aromatic hydroxyl groups is 1. The van der Waals surface area contributed by atoms with Crippen LogP contribution in [0.15, 0.2) is 53.6 Å². The minimum absolute atomic E-state index is 0.115. The molecule has 0 unspecified atom stereocenters. The Kier molecular flexibility index (Phi) is 4.91. The van der Waals surface area contributed by atoms with E-state index in [-0.39, 0.29) is 24.7 Å². The zero-order valence-electron chi connectivity index (χ0n) is 13.7. The number of aliphatic hydroxyl groups is 1. The molecule has 3 rings (SSSR count). The molecule has 0 bridgehead atoms. The average molecular weight is 381 g/mol. The van der Waals surface area contributed by atoms with Crippen molar-refractivity contribution in [3.63, 3.8) is 0 Å². The van der Waals surface area contributed by atoms with Crippen LogP contribution >= 0.6 is 0 Å². The van der Waals surface area contributed by atoms with Gasteiger partial charge < -0.3 is 14.9 Å². The molecule has 2 N–H and O–H groups in total. The number of hydrogen-bond donors (Lipinski definition) is 2. The first kappa shape index (κ1) is 18.5. The van der Waals surface area contributed by atoms with Crippen LogP contribution in [0.5, 0.6) is 11.6 Å². The zero-order valence-corrected chi connectivity index (χ0v) is 13.7. The molecule has 0 spiro atoms. The molecule has 0 amide bonds. The van der Waals surface area contributed by atoms with Crippen molar-refractivity contribution in [2.45, 2.75) is 19.5 Å². The highest BCUT2D eigenvalue weighted by Crippen LogP contribution is 2.24. The van der Waals surface area contributed by atoms with Gasteiger partial charge in [-0.15, -0.1) is 13.2 Å². The monoisotopic (exact) mass is 381 g/mol. The van der Waals surface area contributed by atoms with Crippen LogP contribution in [0, 0.1) is 0 Å². The SMILES string of the molecule is O=c1n(Cc2ccnc(CO)c2)cc(O)n1-c1ccc(OC(F)(F)F)cc1. The molecular formula is C17H14F3N3O4. The van der Waals surface area contributed by atoms with E-state index < -0.39 is 17.8 Å². The number of rotatable bonds is 5. The maximum Gasteiger partial charge on any atom is 0.573 e. The molecule has 0 radical (unpaired) electrons. The van der Waals surface area contributed by atoms with E-state index in [1.807, 2.05) is 0 Å². The molecule has 7 nitrogen and oxygen atoms in total. The number of alkyl halides is 3. The molecule has 0 aliphatic heterocycles. The quantitative estimate of drug-likeness (QED) is 0.707. The van der Waals surface area contributed by atoms with Gasteiger partial charge in [0.15, 0.2) is 0 Å². The highest BCUT2D eigenvalue weighted by molar-refractivity contribution is 5.40. The van der Waals surface area contributed by atoms with Crippen LogP contribution < -0.4 is 10.4 Å². The van der Waals surface area contributed by atoms with E-state index in [2.05, 4.69) is 9.72 Å². The molecule has 0 atom stereocenters. The number of benzene rings is 1. The Balaban J connectivity index is 1.88. The molecule has 0 aliphatic carbocycles. The lowest BCUT2D eigenvalue weighted by atomic mass is 10.2. The lowest BCUT2D eigenvalue weighted by molar-refractivity contribution is -0.274. The van der Waals surface area contributed by atoms with Gasteiger partial charge in [0.2, 0.25) is 5.88 Å². The van der Waals surface area contributed by atoms with Crippen LogP contribution in [0.1, 0.15) is 11.3 Å². The second kappa shape index (κ2) is 7.16. The Hall–Kier alpha value is -3.27. The van der Waals surface area contributed by atoms with E-state index in [0.717, 1.165) is 16.7 Å². The van der Waals surface area contributed by atoms with Crippen LogP contribution in [0.3, 0.4) is 0 Å². The van der Waals surface area contributed by atoms with Crippen molar-refractivity contribution in [2.75, 3.05) is 0 Å². The smallest absolute Gasteiger partial charge is 0.493 e. The number of pyridine rings is 1.